The van der Waals surface area contributed by atoms with Crippen molar-refractivity contribution in [2.75, 3.05) is 19.6 Å². The lowest BCUT2D eigenvalue weighted by molar-refractivity contribution is -0.230. The Bertz CT molecular complexity index is 219. The second-order valence-electron chi connectivity index (χ2n) is 4.31. The largest absolute Gasteiger partial charge is 0.392 e. The van der Waals surface area contributed by atoms with Crippen LogP contribution in [0.3, 0.4) is 0 Å². The van der Waals surface area contributed by atoms with Crippen molar-refractivity contribution in [1.82, 2.24) is 5.32 Å². The maximum Gasteiger partial charge on any atom is 0.157 e. The molecule has 0 spiro atoms. The standard InChI is InChI=1S/C10H22N2O5/c11-2-1-6(13)4-12-5-8-10(16)7(14)3-9(15)17-8/h6-10,12-16H,1-5,11H2/t6?,7?,8?,9-,10-/m0/s1. The number of ether oxygens (including phenoxy) is 1. The summed E-state index contributed by atoms with van der Waals surface area (Å²) in [6.45, 7) is 0.982. The topological polar surface area (TPSA) is 128 Å². The molecule has 7 nitrogen and oxygen atoms in total. The van der Waals surface area contributed by atoms with E-state index in [9.17, 15) is 20.4 Å². The van der Waals surface area contributed by atoms with Crippen LogP contribution in [-0.2, 0) is 4.74 Å². The third kappa shape index (κ3) is 4.84. The van der Waals surface area contributed by atoms with Crippen LogP contribution in [-0.4, -0.2) is 70.8 Å². The molecule has 0 aromatic rings. The lowest BCUT2D eigenvalue weighted by Crippen LogP contribution is -2.52. The van der Waals surface area contributed by atoms with Crippen LogP contribution >= 0.6 is 0 Å². The number of rotatable bonds is 6. The Kier molecular flexibility index (Phi) is 6.28. The van der Waals surface area contributed by atoms with Gasteiger partial charge in [0.05, 0.1) is 12.2 Å². The molecule has 0 amide bonds. The van der Waals surface area contributed by atoms with Crippen LogP contribution in [0.4, 0.5) is 0 Å². The highest BCUT2D eigenvalue weighted by atomic mass is 16.6. The van der Waals surface area contributed by atoms with Gasteiger partial charge in [-0.1, -0.05) is 0 Å². The van der Waals surface area contributed by atoms with Crippen LogP contribution in [0.15, 0.2) is 0 Å². The van der Waals surface area contributed by atoms with Crippen molar-refractivity contribution in [3.63, 3.8) is 0 Å². The summed E-state index contributed by atoms with van der Waals surface area (Å²) >= 11 is 0. The van der Waals surface area contributed by atoms with Crippen molar-refractivity contribution < 1.29 is 25.2 Å². The molecule has 0 saturated carbocycles. The monoisotopic (exact) mass is 250 g/mol. The van der Waals surface area contributed by atoms with Gasteiger partial charge in [-0.25, -0.2) is 0 Å². The molecule has 1 heterocycles. The predicted octanol–water partition coefficient (Wildman–Crippen LogP) is -2.89. The van der Waals surface area contributed by atoms with Crippen molar-refractivity contribution in [2.24, 2.45) is 5.73 Å². The maximum atomic E-state index is 9.62. The zero-order valence-corrected chi connectivity index (χ0v) is 9.70. The number of aliphatic hydroxyl groups excluding tert-OH is 4. The second kappa shape index (κ2) is 7.22. The van der Waals surface area contributed by atoms with Gasteiger partial charge >= 0.3 is 0 Å². The van der Waals surface area contributed by atoms with E-state index < -0.39 is 30.7 Å². The smallest absolute Gasteiger partial charge is 0.157 e. The van der Waals surface area contributed by atoms with E-state index in [0.717, 1.165) is 0 Å². The Hall–Kier alpha value is -0.280. The van der Waals surface area contributed by atoms with Crippen LogP contribution in [0.5, 0.6) is 0 Å². The van der Waals surface area contributed by atoms with Crippen molar-refractivity contribution in [3.05, 3.63) is 0 Å². The van der Waals surface area contributed by atoms with Gasteiger partial charge in [-0.15, -0.1) is 0 Å². The molecular weight excluding hydrogens is 228 g/mol. The van der Waals surface area contributed by atoms with E-state index in [1.165, 1.54) is 0 Å². The maximum absolute atomic E-state index is 9.62. The van der Waals surface area contributed by atoms with Crippen LogP contribution in [0.25, 0.3) is 0 Å². The first-order valence-electron chi connectivity index (χ1n) is 5.83. The highest BCUT2D eigenvalue weighted by Gasteiger charge is 2.35. The molecule has 17 heavy (non-hydrogen) atoms. The third-order valence-electron chi connectivity index (χ3n) is 2.78. The zero-order valence-electron chi connectivity index (χ0n) is 9.70. The van der Waals surface area contributed by atoms with Crippen molar-refractivity contribution in [3.8, 4) is 0 Å². The first-order valence-corrected chi connectivity index (χ1v) is 5.83. The highest BCUT2D eigenvalue weighted by molar-refractivity contribution is 4.83. The normalized spacial score (nSPS) is 35.8. The van der Waals surface area contributed by atoms with Gasteiger partial charge in [0.25, 0.3) is 0 Å². The minimum Gasteiger partial charge on any atom is -0.392 e. The molecule has 0 aromatic heterocycles. The Morgan fingerprint density at radius 3 is 2.71 bits per heavy atom. The Labute approximate surface area is 100 Å². The van der Waals surface area contributed by atoms with Gasteiger partial charge in [0, 0.05) is 19.5 Å². The SMILES string of the molecule is NCCC(O)CNCC1O[C@H](O)CC(O)[C@@H]1O. The highest BCUT2D eigenvalue weighted by Crippen LogP contribution is 2.18. The van der Waals surface area contributed by atoms with Gasteiger partial charge in [-0.2, -0.15) is 0 Å². The van der Waals surface area contributed by atoms with Gasteiger partial charge in [-0.05, 0) is 13.0 Å². The summed E-state index contributed by atoms with van der Waals surface area (Å²) in [6.07, 6.45) is -3.81. The predicted molar refractivity (Wildman–Crippen MR) is 60.1 cm³/mol. The van der Waals surface area contributed by atoms with Crippen LogP contribution in [0.1, 0.15) is 12.8 Å². The summed E-state index contributed by atoms with van der Waals surface area (Å²) in [5, 5.41) is 40.6. The van der Waals surface area contributed by atoms with Gasteiger partial charge in [0.1, 0.15) is 12.2 Å². The summed E-state index contributed by atoms with van der Waals surface area (Å²) < 4.78 is 5.09. The molecule has 1 aliphatic heterocycles. The molecule has 0 aromatic carbocycles. The van der Waals surface area contributed by atoms with E-state index in [1.807, 2.05) is 0 Å². The van der Waals surface area contributed by atoms with E-state index >= 15 is 0 Å². The number of nitrogens with two attached hydrogens (primary N) is 1. The molecule has 1 saturated heterocycles. The summed E-state index contributed by atoms with van der Waals surface area (Å²) in [6, 6.07) is 0. The summed E-state index contributed by atoms with van der Waals surface area (Å²) in [5.74, 6) is 0. The Morgan fingerprint density at radius 1 is 1.35 bits per heavy atom. The molecule has 0 bridgehead atoms. The van der Waals surface area contributed by atoms with Gasteiger partial charge < -0.3 is 36.2 Å². The molecule has 3 unspecified atom stereocenters. The molecule has 5 atom stereocenters. The molecular formula is C10H22N2O5. The minimum absolute atomic E-state index is 0.00741. The number of hydrogen-bond acceptors (Lipinski definition) is 7. The van der Waals surface area contributed by atoms with E-state index in [-0.39, 0.29) is 13.0 Å². The quantitative estimate of drug-likeness (QED) is 0.299. The summed E-state index contributed by atoms with van der Waals surface area (Å²) in [5.41, 5.74) is 5.28. The van der Waals surface area contributed by atoms with Crippen LogP contribution < -0.4 is 11.1 Å². The van der Waals surface area contributed by atoms with Crippen molar-refractivity contribution in [1.29, 1.82) is 0 Å². The molecule has 0 radical (unpaired) electrons. The molecule has 1 fully saturated rings. The number of hydrogen-bond donors (Lipinski definition) is 6. The van der Waals surface area contributed by atoms with Crippen LogP contribution in [0.2, 0.25) is 0 Å². The average molecular weight is 250 g/mol. The van der Waals surface area contributed by atoms with E-state index in [0.29, 0.717) is 19.5 Å². The molecule has 0 aliphatic carbocycles. The fraction of sp³-hybridized carbons (Fsp3) is 1.00. The fourth-order valence-corrected chi connectivity index (χ4v) is 1.79. The van der Waals surface area contributed by atoms with Gasteiger partial charge in [0.15, 0.2) is 6.29 Å². The minimum atomic E-state index is -1.06. The molecule has 1 aliphatic rings. The third-order valence-corrected chi connectivity index (χ3v) is 2.78. The summed E-state index contributed by atoms with van der Waals surface area (Å²) in [4.78, 5) is 0. The second-order valence-corrected chi connectivity index (χ2v) is 4.31. The van der Waals surface area contributed by atoms with E-state index in [4.69, 9.17) is 10.5 Å². The average Bonchev–Trinajstić information content (AvgIpc) is 2.25. The first-order chi connectivity index (χ1) is 8.04. The first kappa shape index (κ1) is 14.8. The van der Waals surface area contributed by atoms with E-state index in [2.05, 4.69) is 5.32 Å². The fourth-order valence-electron chi connectivity index (χ4n) is 1.79. The van der Waals surface area contributed by atoms with Crippen molar-refractivity contribution >= 4 is 0 Å². The number of aliphatic hydroxyl groups is 4. The molecule has 7 N–H and O–H groups in total. The Balaban J connectivity index is 2.25. The zero-order chi connectivity index (χ0) is 12.8. The Morgan fingerprint density at radius 2 is 2.06 bits per heavy atom. The molecule has 1 rings (SSSR count). The lowest BCUT2D eigenvalue weighted by atomic mass is 10.0. The van der Waals surface area contributed by atoms with E-state index in [1.54, 1.807) is 0 Å². The van der Waals surface area contributed by atoms with Gasteiger partial charge in [0.2, 0.25) is 0 Å². The lowest BCUT2D eigenvalue weighted by Gasteiger charge is -2.35. The van der Waals surface area contributed by atoms with Crippen molar-refractivity contribution in [2.45, 2.75) is 43.5 Å². The van der Waals surface area contributed by atoms with Crippen LogP contribution in [0, 0.1) is 0 Å². The summed E-state index contributed by atoms with van der Waals surface area (Å²) in [7, 11) is 0. The molecule has 102 valence electrons. The molecule has 7 heteroatoms. The number of nitrogens with one attached hydrogen (secondary N) is 1. The van der Waals surface area contributed by atoms with Gasteiger partial charge in [-0.3, -0.25) is 0 Å².